The monoisotopic (exact) mass is 187 g/mol. The van der Waals surface area contributed by atoms with Crippen LogP contribution in [-0.4, -0.2) is 36.8 Å². The lowest BCUT2D eigenvalue weighted by Crippen LogP contribution is -2.38. The number of aliphatic hydroxyl groups is 1. The maximum Gasteiger partial charge on any atom is 0.0499 e. The molecule has 0 heterocycles. The van der Waals surface area contributed by atoms with E-state index in [0.29, 0.717) is 6.61 Å². The van der Waals surface area contributed by atoms with Crippen LogP contribution in [0.3, 0.4) is 0 Å². The Bertz CT molecular complexity index is 113. The van der Waals surface area contributed by atoms with Crippen molar-refractivity contribution in [1.82, 2.24) is 4.90 Å². The van der Waals surface area contributed by atoms with Gasteiger partial charge < -0.3 is 10.0 Å². The summed E-state index contributed by atoms with van der Waals surface area (Å²) in [6, 6.07) is 0. The summed E-state index contributed by atoms with van der Waals surface area (Å²) in [5, 5.41) is 9.37. The predicted molar refractivity (Wildman–Crippen MR) is 57.9 cm³/mol. The molecule has 0 atom stereocenters. The van der Waals surface area contributed by atoms with Crippen LogP contribution in [-0.2, 0) is 0 Å². The number of hydrogen-bond donors (Lipinski definition) is 1. The van der Waals surface area contributed by atoms with Crippen LogP contribution in [0.25, 0.3) is 0 Å². The van der Waals surface area contributed by atoms with E-state index in [1.165, 1.54) is 6.42 Å². The van der Waals surface area contributed by atoms with Gasteiger partial charge in [0.25, 0.3) is 0 Å². The molecule has 2 nitrogen and oxygen atoms in total. The van der Waals surface area contributed by atoms with Gasteiger partial charge in [-0.15, -0.1) is 0 Å². The average Bonchev–Trinajstić information content (AvgIpc) is 2.15. The normalized spacial score (nSPS) is 12.5. The molecule has 0 bridgehead atoms. The van der Waals surface area contributed by atoms with Gasteiger partial charge >= 0.3 is 0 Å². The lowest BCUT2D eigenvalue weighted by atomic mass is 9.83. The second-order valence-corrected chi connectivity index (χ2v) is 4.10. The third kappa shape index (κ3) is 4.10. The fourth-order valence-electron chi connectivity index (χ4n) is 1.78. The van der Waals surface area contributed by atoms with Gasteiger partial charge in [-0.25, -0.2) is 0 Å². The standard InChI is InChI=1S/C11H25NO/c1-5-8-12(4)9-11(6-2,7-3)10-13/h13H,5-10H2,1-4H3. The first kappa shape index (κ1) is 12.9. The Morgan fingerprint density at radius 2 is 1.69 bits per heavy atom. The van der Waals surface area contributed by atoms with Crippen molar-refractivity contribution in [3.63, 3.8) is 0 Å². The van der Waals surface area contributed by atoms with Crippen LogP contribution in [0.2, 0.25) is 0 Å². The van der Waals surface area contributed by atoms with E-state index in [2.05, 4.69) is 32.7 Å². The first-order valence-electron chi connectivity index (χ1n) is 5.43. The molecule has 0 fully saturated rings. The summed E-state index contributed by atoms with van der Waals surface area (Å²) < 4.78 is 0. The van der Waals surface area contributed by atoms with Gasteiger partial charge in [0.1, 0.15) is 0 Å². The molecule has 0 aliphatic rings. The van der Waals surface area contributed by atoms with Crippen molar-refractivity contribution in [2.24, 2.45) is 5.41 Å². The zero-order valence-electron chi connectivity index (χ0n) is 9.64. The van der Waals surface area contributed by atoms with Gasteiger partial charge in [0.2, 0.25) is 0 Å². The Morgan fingerprint density at radius 1 is 1.15 bits per heavy atom. The summed E-state index contributed by atoms with van der Waals surface area (Å²) in [4.78, 5) is 2.32. The number of aliphatic hydroxyl groups excluding tert-OH is 1. The van der Waals surface area contributed by atoms with Gasteiger partial charge in [-0.3, -0.25) is 0 Å². The van der Waals surface area contributed by atoms with Crippen molar-refractivity contribution in [2.45, 2.75) is 40.0 Å². The fourth-order valence-corrected chi connectivity index (χ4v) is 1.78. The summed E-state index contributed by atoms with van der Waals surface area (Å²) >= 11 is 0. The van der Waals surface area contributed by atoms with Crippen molar-refractivity contribution in [3.05, 3.63) is 0 Å². The van der Waals surface area contributed by atoms with E-state index in [4.69, 9.17) is 0 Å². The Balaban J connectivity index is 4.07. The highest BCUT2D eigenvalue weighted by atomic mass is 16.3. The van der Waals surface area contributed by atoms with Gasteiger partial charge in [0, 0.05) is 18.6 Å². The molecule has 0 spiro atoms. The second kappa shape index (κ2) is 6.39. The van der Waals surface area contributed by atoms with Crippen LogP contribution < -0.4 is 0 Å². The lowest BCUT2D eigenvalue weighted by molar-refractivity contribution is 0.0756. The topological polar surface area (TPSA) is 23.5 Å². The van der Waals surface area contributed by atoms with E-state index in [-0.39, 0.29) is 5.41 Å². The minimum absolute atomic E-state index is 0.129. The molecule has 0 unspecified atom stereocenters. The molecule has 0 aromatic rings. The molecular formula is C11H25NO. The number of hydrogen-bond acceptors (Lipinski definition) is 2. The first-order valence-corrected chi connectivity index (χ1v) is 5.43. The van der Waals surface area contributed by atoms with Gasteiger partial charge in [0.05, 0.1) is 0 Å². The maximum absolute atomic E-state index is 9.37. The summed E-state index contributed by atoms with van der Waals surface area (Å²) in [7, 11) is 2.14. The molecule has 80 valence electrons. The van der Waals surface area contributed by atoms with Crippen molar-refractivity contribution in [1.29, 1.82) is 0 Å². The molecule has 0 aliphatic carbocycles. The molecule has 13 heavy (non-hydrogen) atoms. The number of rotatable bonds is 7. The molecule has 0 saturated heterocycles. The maximum atomic E-state index is 9.37. The third-order valence-corrected chi connectivity index (χ3v) is 3.05. The van der Waals surface area contributed by atoms with E-state index < -0.39 is 0 Å². The van der Waals surface area contributed by atoms with Crippen LogP contribution in [0.5, 0.6) is 0 Å². The minimum Gasteiger partial charge on any atom is -0.396 e. The largest absolute Gasteiger partial charge is 0.396 e. The van der Waals surface area contributed by atoms with Crippen LogP contribution in [0, 0.1) is 5.41 Å². The van der Waals surface area contributed by atoms with Gasteiger partial charge in [-0.2, -0.15) is 0 Å². The van der Waals surface area contributed by atoms with E-state index in [0.717, 1.165) is 25.9 Å². The minimum atomic E-state index is 0.129. The van der Waals surface area contributed by atoms with Gasteiger partial charge in [-0.1, -0.05) is 20.8 Å². The quantitative estimate of drug-likeness (QED) is 0.660. The summed E-state index contributed by atoms with van der Waals surface area (Å²) in [5.41, 5.74) is 0.129. The Hall–Kier alpha value is -0.0800. The fraction of sp³-hybridized carbons (Fsp3) is 1.00. The number of nitrogens with zero attached hydrogens (tertiary/aromatic N) is 1. The molecule has 2 heteroatoms. The molecule has 0 rings (SSSR count). The van der Waals surface area contributed by atoms with Crippen LogP contribution in [0.1, 0.15) is 40.0 Å². The summed E-state index contributed by atoms with van der Waals surface area (Å²) in [6.07, 6.45) is 3.31. The molecule has 0 radical (unpaired) electrons. The molecule has 0 aromatic carbocycles. The van der Waals surface area contributed by atoms with Crippen LogP contribution in [0.4, 0.5) is 0 Å². The smallest absolute Gasteiger partial charge is 0.0499 e. The highest BCUT2D eigenvalue weighted by Gasteiger charge is 2.26. The lowest BCUT2D eigenvalue weighted by Gasteiger charge is -2.33. The van der Waals surface area contributed by atoms with Crippen molar-refractivity contribution in [2.75, 3.05) is 26.7 Å². The molecule has 0 aromatic heterocycles. The van der Waals surface area contributed by atoms with Crippen molar-refractivity contribution < 1.29 is 5.11 Å². The zero-order chi connectivity index (χ0) is 10.3. The first-order chi connectivity index (χ1) is 6.14. The van der Waals surface area contributed by atoms with Crippen LogP contribution >= 0.6 is 0 Å². The molecule has 1 N–H and O–H groups in total. The molecule has 0 saturated carbocycles. The van der Waals surface area contributed by atoms with E-state index >= 15 is 0 Å². The zero-order valence-corrected chi connectivity index (χ0v) is 9.64. The van der Waals surface area contributed by atoms with E-state index in [1.807, 2.05) is 0 Å². The van der Waals surface area contributed by atoms with E-state index in [9.17, 15) is 5.11 Å². The predicted octanol–water partition coefficient (Wildman–Crippen LogP) is 2.13. The molecular weight excluding hydrogens is 162 g/mol. The van der Waals surface area contributed by atoms with Crippen molar-refractivity contribution in [3.8, 4) is 0 Å². The molecule has 0 amide bonds. The van der Waals surface area contributed by atoms with Crippen molar-refractivity contribution >= 4 is 0 Å². The molecule has 0 aliphatic heterocycles. The highest BCUT2D eigenvalue weighted by molar-refractivity contribution is 4.78. The van der Waals surface area contributed by atoms with E-state index in [1.54, 1.807) is 0 Å². The Kier molecular flexibility index (Phi) is 6.35. The highest BCUT2D eigenvalue weighted by Crippen LogP contribution is 2.26. The Labute approximate surface area is 82.9 Å². The summed E-state index contributed by atoms with van der Waals surface area (Å²) in [6.45, 7) is 8.98. The Morgan fingerprint density at radius 3 is 2.00 bits per heavy atom. The average molecular weight is 187 g/mol. The van der Waals surface area contributed by atoms with Gasteiger partial charge in [0.15, 0.2) is 0 Å². The van der Waals surface area contributed by atoms with Gasteiger partial charge in [-0.05, 0) is 32.9 Å². The SMILES string of the molecule is CCCN(C)CC(CC)(CC)CO. The third-order valence-electron chi connectivity index (χ3n) is 3.05. The van der Waals surface area contributed by atoms with Crippen LogP contribution in [0.15, 0.2) is 0 Å². The second-order valence-electron chi connectivity index (χ2n) is 4.10. The summed E-state index contributed by atoms with van der Waals surface area (Å²) in [5.74, 6) is 0.